The minimum Gasteiger partial charge on any atom is -0.790 e. The summed E-state index contributed by atoms with van der Waals surface area (Å²) < 4.78 is 0. The van der Waals surface area contributed by atoms with Crippen molar-refractivity contribution < 1.29 is 45.5 Å². The number of aliphatic hydroxyl groups is 1. The first-order valence-electron chi connectivity index (χ1n) is 3.46. The van der Waals surface area contributed by atoms with E-state index in [9.17, 15) is 0 Å². The van der Waals surface area contributed by atoms with E-state index in [4.69, 9.17) is 15.5 Å². The Morgan fingerprint density at radius 3 is 2.08 bits per heavy atom. The molecule has 1 rings (SSSR count). The maximum absolute atomic E-state index is 9.00. The first-order chi connectivity index (χ1) is 5.33. The van der Waals surface area contributed by atoms with Gasteiger partial charge in [0.2, 0.25) is 0 Å². The van der Waals surface area contributed by atoms with Crippen LogP contribution in [-0.2, 0) is 0 Å². The molecule has 0 aromatic heterocycles. The number of nitrogens with two attached hydrogens (primary N) is 2. The van der Waals surface area contributed by atoms with Crippen molar-refractivity contribution in [1.29, 1.82) is 0 Å². The molecule has 6 nitrogen and oxygen atoms in total. The van der Waals surface area contributed by atoms with Gasteiger partial charge in [-0.3, -0.25) is 0 Å². The zero-order chi connectivity index (χ0) is 8.69. The second-order valence-corrected chi connectivity index (χ2v) is 2.38. The zero-order valence-electron chi connectivity index (χ0n) is 7.31. The summed E-state index contributed by atoms with van der Waals surface area (Å²) in [4.78, 5) is 0. The van der Waals surface area contributed by atoms with Gasteiger partial charge in [0.05, 0.1) is 19.2 Å². The molecule has 12 heavy (non-hydrogen) atoms. The molecule has 1 fully saturated rings. The maximum atomic E-state index is 9.00. The number of nitrogens with zero attached hydrogens (tertiary/aromatic N) is 1. The van der Waals surface area contributed by atoms with Crippen molar-refractivity contribution in [2.24, 2.45) is 5.90 Å². The van der Waals surface area contributed by atoms with Gasteiger partial charge in [0.25, 0.3) is 0 Å². The van der Waals surface area contributed by atoms with E-state index in [0.29, 0.717) is 0 Å². The molecule has 1 heterocycles. The third-order valence-electron chi connectivity index (χ3n) is 1.66. The summed E-state index contributed by atoms with van der Waals surface area (Å²) in [5.74, 6) is 3.25. The summed E-state index contributed by atoms with van der Waals surface area (Å²) in [5.41, 5.74) is 1.09. The average molecular weight is 188 g/mol. The third kappa shape index (κ3) is 6.30. The van der Waals surface area contributed by atoms with Gasteiger partial charge in [-0.05, 0) is 12.8 Å². The quantitative estimate of drug-likeness (QED) is 0.187. The van der Waals surface area contributed by atoms with Gasteiger partial charge in [-0.15, -0.1) is 10.6 Å². The molecule has 0 radical (unpaired) electrons. The fourth-order valence-corrected chi connectivity index (χ4v) is 1.00. The summed E-state index contributed by atoms with van der Waals surface area (Å²) in [6.07, 6.45) is 1.40. The Labute approximate surface area is 93.5 Å². The summed E-state index contributed by atoms with van der Waals surface area (Å²) in [6, 6.07) is 0. The van der Waals surface area contributed by atoms with Gasteiger partial charge in [-0.2, -0.15) is 5.21 Å². The van der Waals surface area contributed by atoms with Crippen LogP contribution < -0.4 is 41.0 Å². The van der Waals surface area contributed by atoms with Crippen molar-refractivity contribution in [2.75, 3.05) is 13.1 Å². The normalized spacial score (nSPS) is 19.0. The molecule has 68 valence electrons. The van der Waals surface area contributed by atoms with Gasteiger partial charge in [-0.1, -0.05) is 0 Å². The Kier molecular flexibility index (Phi) is 12.5. The van der Waals surface area contributed by atoms with Gasteiger partial charge in [0, 0.05) is 0 Å². The van der Waals surface area contributed by atoms with Crippen molar-refractivity contribution >= 4 is 0 Å². The van der Waals surface area contributed by atoms with Crippen LogP contribution >= 0.6 is 0 Å². The minimum atomic E-state index is -0.152. The monoisotopic (exact) mass is 188 g/mol. The number of piperidine rings is 1. The Morgan fingerprint density at radius 2 is 1.75 bits per heavy atom. The number of aliphatic hydroxyl groups excluding tert-OH is 1. The maximum Gasteiger partial charge on any atom is 1.00 e. The van der Waals surface area contributed by atoms with E-state index in [0.717, 1.165) is 31.5 Å². The zero-order valence-corrected chi connectivity index (χ0v) is 9.31. The molecule has 0 aliphatic carbocycles. The topological polar surface area (TPSA) is 109 Å². The largest absolute Gasteiger partial charge is 1.00 e. The molecule has 1 aliphatic heterocycles. The Morgan fingerprint density at radius 1 is 1.33 bits per heavy atom. The Balaban J connectivity index is 0. The number of hydrogen-bond acceptors (Lipinski definition) is 5. The molecule has 0 atom stereocenters. The van der Waals surface area contributed by atoms with E-state index in [1.807, 2.05) is 0 Å². The van der Waals surface area contributed by atoms with Crippen molar-refractivity contribution in [1.82, 2.24) is 5.01 Å². The molecule has 0 aromatic carbocycles. The van der Waals surface area contributed by atoms with Gasteiger partial charge in [0.1, 0.15) is 0 Å². The van der Waals surface area contributed by atoms with E-state index in [2.05, 4.69) is 5.90 Å². The standard InChI is InChI=1S/C5H12N2O2.H2NO.Na/c8-5-1-3-7(6-9)4-2-5;1-2;/h5-6,8-9H,1-4H2;1H2;/q;-1;+1/p+1. The van der Waals surface area contributed by atoms with Gasteiger partial charge in [0.15, 0.2) is 0 Å². The van der Waals surface area contributed by atoms with E-state index < -0.39 is 0 Å². The summed E-state index contributed by atoms with van der Waals surface area (Å²) in [7, 11) is 0. The Hall–Kier alpha value is 0.760. The van der Waals surface area contributed by atoms with Crippen LogP contribution in [0.2, 0.25) is 0 Å². The first-order valence-corrected chi connectivity index (χ1v) is 3.46. The fraction of sp³-hybridized carbons (Fsp3) is 1.00. The predicted octanol–water partition coefficient (Wildman–Crippen LogP) is -5.24. The molecule has 6 N–H and O–H groups in total. The van der Waals surface area contributed by atoms with Gasteiger partial charge >= 0.3 is 29.6 Å². The van der Waals surface area contributed by atoms with Crippen LogP contribution in [-0.4, -0.2) is 34.5 Å². The molecule has 0 amide bonds. The SMILES string of the molecule is N[O-].O[NH2+]N1CCC(O)CC1.[Na+]. The molecule has 0 unspecified atom stereocenters. The summed E-state index contributed by atoms with van der Waals surface area (Å²) >= 11 is 0. The average Bonchev–Trinajstić information content (AvgIpc) is 2.10. The van der Waals surface area contributed by atoms with Crippen LogP contribution in [0.3, 0.4) is 0 Å². The van der Waals surface area contributed by atoms with Crippen LogP contribution in [0.5, 0.6) is 0 Å². The van der Waals surface area contributed by atoms with Crippen molar-refractivity contribution in [2.45, 2.75) is 18.9 Å². The van der Waals surface area contributed by atoms with Crippen molar-refractivity contribution in [3.05, 3.63) is 5.21 Å². The summed E-state index contributed by atoms with van der Waals surface area (Å²) in [5, 5.41) is 27.0. The molecule has 0 saturated carbocycles. The molecule has 0 aromatic rings. The number of quaternary nitrogens is 1. The van der Waals surface area contributed by atoms with Gasteiger partial charge in [-0.25, -0.2) is 0 Å². The molecule has 1 saturated heterocycles. The van der Waals surface area contributed by atoms with Crippen LogP contribution in [0.4, 0.5) is 0 Å². The van der Waals surface area contributed by atoms with Crippen LogP contribution in [0, 0.1) is 5.21 Å². The molecule has 0 bridgehead atoms. The smallest absolute Gasteiger partial charge is 0.790 e. The minimum absolute atomic E-state index is 0. The van der Waals surface area contributed by atoms with Crippen LogP contribution in [0.15, 0.2) is 0 Å². The third-order valence-corrected chi connectivity index (χ3v) is 1.66. The molecule has 0 spiro atoms. The first kappa shape index (κ1) is 15.2. The molecule has 1 aliphatic rings. The molecular weight excluding hydrogens is 173 g/mol. The fourth-order valence-electron chi connectivity index (χ4n) is 1.00. The van der Waals surface area contributed by atoms with E-state index in [1.165, 1.54) is 0 Å². The second-order valence-electron chi connectivity index (χ2n) is 2.38. The molecule has 7 heteroatoms. The van der Waals surface area contributed by atoms with E-state index in [1.54, 1.807) is 5.01 Å². The number of hydrogen-bond donors (Lipinski definition) is 4. The summed E-state index contributed by atoms with van der Waals surface area (Å²) in [6.45, 7) is 1.55. The molecular formula is C5H15N3NaO3+. The van der Waals surface area contributed by atoms with E-state index >= 15 is 0 Å². The van der Waals surface area contributed by atoms with Gasteiger partial charge < -0.3 is 16.2 Å². The predicted molar refractivity (Wildman–Crippen MR) is 38.1 cm³/mol. The second kappa shape index (κ2) is 9.85. The number of rotatable bonds is 1. The van der Waals surface area contributed by atoms with Crippen LogP contribution in [0.25, 0.3) is 0 Å². The van der Waals surface area contributed by atoms with Crippen molar-refractivity contribution in [3.63, 3.8) is 0 Å². The Bertz CT molecular complexity index is 90.0. The van der Waals surface area contributed by atoms with Crippen molar-refractivity contribution in [3.8, 4) is 0 Å². The van der Waals surface area contributed by atoms with Crippen LogP contribution in [0.1, 0.15) is 12.8 Å². The van der Waals surface area contributed by atoms with E-state index in [-0.39, 0.29) is 35.7 Å².